The summed E-state index contributed by atoms with van der Waals surface area (Å²) in [7, 11) is 1.59. The molecule has 1 aromatic rings. The number of benzene rings is 1. The Morgan fingerprint density at radius 1 is 1.39 bits per heavy atom. The van der Waals surface area contributed by atoms with Crippen molar-refractivity contribution in [1.29, 1.82) is 0 Å². The highest BCUT2D eigenvalue weighted by Gasteiger charge is 2.24. The molecule has 1 aromatic carbocycles. The second-order valence-electron chi connectivity index (χ2n) is 4.40. The summed E-state index contributed by atoms with van der Waals surface area (Å²) in [5, 5.41) is 2.84. The first-order valence-electron chi connectivity index (χ1n) is 5.59. The Balaban J connectivity index is 2.64. The molecule has 18 heavy (non-hydrogen) atoms. The number of nitrogens with one attached hydrogen (secondary N) is 1. The third kappa shape index (κ3) is 4.39. The predicted molar refractivity (Wildman–Crippen MR) is 74.7 cm³/mol. The lowest BCUT2D eigenvalue weighted by molar-refractivity contribution is -0.121. The average Bonchev–Trinajstić information content (AvgIpc) is 2.38. The number of halogens is 2. The zero-order valence-electron chi connectivity index (χ0n) is 10.5. The van der Waals surface area contributed by atoms with Gasteiger partial charge in [0, 0.05) is 11.8 Å². The molecule has 1 rings (SSSR count). The van der Waals surface area contributed by atoms with Gasteiger partial charge >= 0.3 is 0 Å². The van der Waals surface area contributed by atoms with Gasteiger partial charge in [-0.05, 0) is 24.6 Å². The molecule has 100 valence electrons. The smallest absolute Gasteiger partial charge is 0.224 e. The van der Waals surface area contributed by atoms with E-state index in [0.717, 1.165) is 11.3 Å². The summed E-state index contributed by atoms with van der Waals surface area (Å²) in [6.07, 6.45) is 0.278. The Morgan fingerprint density at radius 3 is 2.61 bits per heavy atom. The van der Waals surface area contributed by atoms with Crippen LogP contribution in [0.4, 0.5) is 0 Å². The molecule has 1 N–H and O–H groups in total. The summed E-state index contributed by atoms with van der Waals surface area (Å²) in [5.41, 5.74) is 0.317. The van der Waals surface area contributed by atoms with Gasteiger partial charge in [-0.2, -0.15) is 0 Å². The van der Waals surface area contributed by atoms with Gasteiger partial charge in [0.25, 0.3) is 0 Å². The minimum atomic E-state index is -0.570. The fourth-order valence-corrected chi connectivity index (χ4v) is 1.87. The molecule has 3 nitrogen and oxygen atoms in total. The highest BCUT2D eigenvalue weighted by Crippen LogP contribution is 2.14. The van der Waals surface area contributed by atoms with Crippen molar-refractivity contribution in [1.82, 2.24) is 5.32 Å². The maximum atomic E-state index is 11.9. The van der Waals surface area contributed by atoms with Crippen molar-refractivity contribution < 1.29 is 9.53 Å². The van der Waals surface area contributed by atoms with Gasteiger partial charge in [0.1, 0.15) is 5.75 Å². The molecule has 1 amide bonds. The Labute approximate surface area is 117 Å². The number of carbonyl (C=O) groups excluding carboxylic acids is 1. The van der Waals surface area contributed by atoms with Crippen LogP contribution < -0.4 is 10.1 Å². The van der Waals surface area contributed by atoms with Gasteiger partial charge in [0.05, 0.1) is 19.1 Å². The van der Waals surface area contributed by atoms with Crippen LogP contribution in [0.1, 0.15) is 12.5 Å². The number of ether oxygens (including phenoxy) is 1. The molecular formula is C13H17Cl2NO2. The molecule has 0 fully saturated rings. The van der Waals surface area contributed by atoms with Gasteiger partial charge in [-0.3, -0.25) is 4.79 Å². The summed E-state index contributed by atoms with van der Waals surface area (Å²) in [5.74, 6) is 1.19. The molecule has 0 radical (unpaired) electrons. The number of carbonyl (C=O) groups is 1. The molecule has 0 bridgehead atoms. The minimum Gasteiger partial charge on any atom is -0.497 e. The molecule has 0 saturated heterocycles. The lowest BCUT2D eigenvalue weighted by atomic mass is 10.1. The van der Waals surface area contributed by atoms with E-state index in [1.807, 2.05) is 31.2 Å². The third-order valence-electron chi connectivity index (χ3n) is 2.53. The summed E-state index contributed by atoms with van der Waals surface area (Å²) < 4.78 is 5.11. The van der Waals surface area contributed by atoms with Crippen LogP contribution in [0.15, 0.2) is 24.3 Å². The molecule has 0 aliphatic rings. The number of rotatable bonds is 6. The average molecular weight is 290 g/mol. The van der Waals surface area contributed by atoms with E-state index >= 15 is 0 Å². The largest absolute Gasteiger partial charge is 0.497 e. The standard InChI is InChI=1S/C13H17Cl2NO2/c1-13(8-14,9-15)16-12(17)7-10-4-3-5-11(6-10)18-2/h3-6H,7-9H2,1-2H3,(H,16,17). The summed E-state index contributed by atoms with van der Waals surface area (Å²) in [4.78, 5) is 11.9. The van der Waals surface area contributed by atoms with E-state index < -0.39 is 5.54 Å². The molecule has 0 saturated carbocycles. The molecule has 0 unspecified atom stereocenters. The van der Waals surface area contributed by atoms with E-state index in [1.165, 1.54) is 0 Å². The molecule has 5 heteroatoms. The molecule has 0 aliphatic carbocycles. The Hall–Kier alpha value is -0.930. The molecular weight excluding hydrogens is 273 g/mol. The van der Waals surface area contributed by atoms with Crippen molar-refractivity contribution in [3.63, 3.8) is 0 Å². The highest BCUT2D eigenvalue weighted by molar-refractivity contribution is 6.22. The first-order valence-corrected chi connectivity index (χ1v) is 6.66. The van der Waals surface area contributed by atoms with E-state index in [2.05, 4.69) is 5.32 Å². The second kappa shape index (κ2) is 6.86. The first-order chi connectivity index (χ1) is 8.53. The summed E-state index contributed by atoms with van der Waals surface area (Å²) in [6.45, 7) is 1.82. The molecule has 0 spiro atoms. The van der Waals surface area contributed by atoms with Crippen LogP contribution >= 0.6 is 23.2 Å². The Morgan fingerprint density at radius 2 is 2.06 bits per heavy atom. The van der Waals surface area contributed by atoms with Crippen LogP contribution in [0.5, 0.6) is 5.75 Å². The van der Waals surface area contributed by atoms with Crippen LogP contribution in [0.2, 0.25) is 0 Å². The summed E-state index contributed by atoms with van der Waals surface area (Å²) >= 11 is 11.6. The van der Waals surface area contributed by atoms with E-state index in [-0.39, 0.29) is 24.1 Å². The van der Waals surface area contributed by atoms with Crippen molar-refractivity contribution >= 4 is 29.1 Å². The lowest BCUT2D eigenvalue weighted by Gasteiger charge is -2.25. The highest BCUT2D eigenvalue weighted by atomic mass is 35.5. The van der Waals surface area contributed by atoms with E-state index in [1.54, 1.807) is 7.11 Å². The van der Waals surface area contributed by atoms with E-state index in [0.29, 0.717) is 0 Å². The topological polar surface area (TPSA) is 38.3 Å². The second-order valence-corrected chi connectivity index (χ2v) is 4.94. The van der Waals surface area contributed by atoms with Gasteiger partial charge in [0.15, 0.2) is 0 Å². The maximum Gasteiger partial charge on any atom is 0.224 e. The first kappa shape index (κ1) is 15.1. The van der Waals surface area contributed by atoms with Crippen molar-refractivity contribution in [2.45, 2.75) is 18.9 Å². The number of alkyl halides is 2. The van der Waals surface area contributed by atoms with Crippen LogP contribution in [0.25, 0.3) is 0 Å². The zero-order valence-corrected chi connectivity index (χ0v) is 12.0. The van der Waals surface area contributed by atoms with Crippen molar-refractivity contribution in [2.24, 2.45) is 0 Å². The van der Waals surface area contributed by atoms with Gasteiger partial charge < -0.3 is 10.1 Å². The molecule has 0 heterocycles. The van der Waals surface area contributed by atoms with Gasteiger partial charge in [-0.15, -0.1) is 23.2 Å². The number of methoxy groups -OCH3 is 1. The molecule has 0 atom stereocenters. The van der Waals surface area contributed by atoms with Crippen LogP contribution in [-0.2, 0) is 11.2 Å². The lowest BCUT2D eigenvalue weighted by Crippen LogP contribution is -2.49. The predicted octanol–water partition coefficient (Wildman–Crippen LogP) is 2.59. The van der Waals surface area contributed by atoms with Crippen molar-refractivity contribution in [2.75, 3.05) is 18.9 Å². The fraction of sp³-hybridized carbons (Fsp3) is 0.462. The van der Waals surface area contributed by atoms with Crippen LogP contribution in [-0.4, -0.2) is 30.3 Å². The van der Waals surface area contributed by atoms with E-state index in [4.69, 9.17) is 27.9 Å². The number of hydrogen-bond acceptors (Lipinski definition) is 2. The fourth-order valence-electron chi connectivity index (χ4n) is 1.45. The van der Waals surface area contributed by atoms with Crippen LogP contribution in [0.3, 0.4) is 0 Å². The van der Waals surface area contributed by atoms with Gasteiger partial charge in [-0.25, -0.2) is 0 Å². The Kier molecular flexibility index (Phi) is 5.76. The Bertz CT molecular complexity index is 406. The van der Waals surface area contributed by atoms with Gasteiger partial charge in [0.2, 0.25) is 5.91 Å². The number of amides is 1. The third-order valence-corrected chi connectivity index (χ3v) is 3.71. The monoisotopic (exact) mass is 289 g/mol. The minimum absolute atomic E-state index is 0.105. The summed E-state index contributed by atoms with van der Waals surface area (Å²) in [6, 6.07) is 7.39. The quantitative estimate of drug-likeness (QED) is 0.818. The van der Waals surface area contributed by atoms with Gasteiger partial charge in [-0.1, -0.05) is 12.1 Å². The molecule has 0 aromatic heterocycles. The van der Waals surface area contributed by atoms with Crippen LogP contribution in [0, 0.1) is 0 Å². The SMILES string of the molecule is COc1cccc(CC(=O)NC(C)(CCl)CCl)c1. The van der Waals surface area contributed by atoms with E-state index in [9.17, 15) is 4.79 Å². The normalized spacial score (nSPS) is 11.1. The maximum absolute atomic E-state index is 11.9. The van der Waals surface area contributed by atoms with Crippen molar-refractivity contribution in [3.05, 3.63) is 29.8 Å². The van der Waals surface area contributed by atoms with Crippen molar-refractivity contribution in [3.8, 4) is 5.75 Å². The molecule has 0 aliphatic heterocycles. The zero-order chi connectivity index (χ0) is 13.6. The number of hydrogen-bond donors (Lipinski definition) is 1.